The average molecular weight is 225 g/mol. The molecule has 0 bridgehead atoms. The number of rotatable bonds is 2. The van der Waals surface area contributed by atoms with Crippen LogP contribution in [0.15, 0.2) is 24.3 Å². The van der Waals surface area contributed by atoms with E-state index in [0.29, 0.717) is 0 Å². The fraction of sp³-hybridized carbons (Fsp3) is 0.500. The molecule has 1 aliphatic heterocycles. The Labute approximate surface area is 96.2 Å². The summed E-state index contributed by atoms with van der Waals surface area (Å²) in [7, 11) is 4.18. The summed E-state index contributed by atoms with van der Waals surface area (Å²) in [4.78, 5) is 2.34. The van der Waals surface area contributed by atoms with Gasteiger partial charge in [-0.15, -0.1) is 0 Å². The first kappa shape index (κ1) is 10.9. The monoisotopic (exact) mass is 224 g/mol. The zero-order valence-electron chi connectivity index (χ0n) is 9.26. The van der Waals surface area contributed by atoms with Crippen molar-refractivity contribution in [2.75, 3.05) is 27.2 Å². The number of hydrogen-bond donors (Lipinski definition) is 1. The van der Waals surface area contributed by atoms with Crippen LogP contribution in [0.25, 0.3) is 0 Å². The van der Waals surface area contributed by atoms with E-state index in [2.05, 4.69) is 29.4 Å². The quantitative estimate of drug-likeness (QED) is 0.828. The number of likely N-dealkylation sites (N-methyl/N-ethyl adjacent to an activating group) is 2. The normalized spacial score (nSPS) is 27.1. The summed E-state index contributed by atoms with van der Waals surface area (Å²) < 4.78 is 0. The van der Waals surface area contributed by atoms with Crippen molar-refractivity contribution in [3.63, 3.8) is 0 Å². The second-order valence-corrected chi connectivity index (χ2v) is 4.77. The standard InChI is InChI=1S/C12H17ClN2/c1-14-12(6-7-15(2)9-12)10-4-3-5-11(13)8-10/h3-5,8,14H,6-7,9H2,1-2H3. The maximum atomic E-state index is 6.04. The van der Waals surface area contributed by atoms with E-state index < -0.39 is 0 Å². The fourth-order valence-corrected chi connectivity index (χ4v) is 2.56. The lowest BCUT2D eigenvalue weighted by Gasteiger charge is -2.29. The van der Waals surface area contributed by atoms with Crippen molar-refractivity contribution in [3.8, 4) is 0 Å². The third-order valence-corrected chi connectivity index (χ3v) is 3.55. The molecule has 0 spiro atoms. The van der Waals surface area contributed by atoms with E-state index in [1.165, 1.54) is 5.56 Å². The van der Waals surface area contributed by atoms with E-state index in [1.54, 1.807) is 0 Å². The molecule has 1 aliphatic rings. The lowest BCUT2D eigenvalue weighted by atomic mass is 9.89. The number of likely N-dealkylation sites (tertiary alicyclic amines) is 1. The van der Waals surface area contributed by atoms with Crippen LogP contribution >= 0.6 is 11.6 Å². The Kier molecular flexibility index (Phi) is 3.01. The molecule has 0 aliphatic carbocycles. The van der Waals surface area contributed by atoms with Crippen molar-refractivity contribution in [2.24, 2.45) is 0 Å². The molecule has 0 amide bonds. The van der Waals surface area contributed by atoms with Crippen LogP contribution in [0.4, 0.5) is 0 Å². The summed E-state index contributed by atoms with van der Waals surface area (Å²) >= 11 is 6.04. The summed E-state index contributed by atoms with van der Waals surface area (Å²) in [5, 5.41) is 4.27. The number of benzene rings is 1. The molecule has 82 valence electrons. The molecule has 1 fully saturated rings. The van der Waals surface area contributed by atoms with Crippen molar-refractivity contribution in [1.82, 2.24) is 10.2 Å². The fourth-order valence-electron chi connectivity index (χ4n) is 2.37. The zero-order chi connectivity index (χ0) is 10.9. The molecule has 1 saturated heterocycles. The lowest BCUT2D eigenvalue weighted by Crippen LogP contribution is -2.42. The summed E-state index contributed by atoms with van der Waals surface area (Å²) in [6, 6.07) is 8.17. The van der Waals surface area contributed by atoms with Gasteiger partial charge in [0.05, 0.1) is 5.54 Å². The number of nitrogens with zero attached hydrogens (tertiary/aromatic N) is 1. The van der Waals surface area contributed by atoms with Gasteiger partial charge < -0.3 is 10.2 Å². The Morgan fingerprint density at radius 1 is 1.47 bits per heavy atom. The molecule has 1 heterocycles. The van der Waals surface area contributed by atoms with Gasteiger partial charge in [0.25, 0.3) is 0 Å². The van der Waals surface area contributed by atoms with Gasteiger partial charge in [-0.05, 0) is 38.2 Å². The smallest absolute Gasteiger partial charge is 0.0573 e. The first-order valence-electron chi connectivity index (χ1n) is 5.30. The highest BCUT2D eigenvalue weighted by Gasteiger charge is 2.36. The number of nitrogens with one attached hydrogen (secondary N) is 1. The first-order valence-corrected chi connectivity index (χ1v) is 5.68. The Morgan fingerprint density at radius 2 is 2.27 bits per heavy atom. The Bertz CT molecular complexity index is 353. The topological polar surface area (TPSA) is 15.3 Å². The van der Waals surface area contributed by atoms with Gasteiger partial charge >= 0.3 is 0 Å². The largest absolute Gasteiger partial charge is 0.309 e. The van der Waals surface area contributed by atoms with Crippen molar-refractivity contribution in [3.05, 3.63) is 34.9 Å². The molecular weight excluding hydrogens is 208 g/mol. The van der Waals surface area contributed by atoms with Gasteiger partial charge in [0.15, 0.2) is 0 Å². The molecule has 15 heavy (non-hydrogen) atoms. The average Bonchev–Trinajstić information content (AvgIpc) is 2.61. The van der Waals surface area contributed by atoms with E-state index in [4.69, 9.17) is 11.6 Å². The van der Waals surface area contributed by atoms with Crippen molar-refractivity contribution in [1.29, 1.82) is 0 Å². The SMILES string of the molecule is CNC1(c2cccc(Cl)c2)CCN(C)C1. The second kappa shape index (κ2) is 4.12. The second-order valence-electron chi connectivity index (χ2n) is 4.33. The highest BCUT2D eigenvalue weighted by molar-refractivity contribution is 6.30. The molecule has 1 aromatic rings. The minimum Gasteiger partial charge on any atom is -0.309 e. The molecular formula is C12H17ClN2. The molecule has 2 nitrogen and oxygen atoms in total. The van der Waals surface area contributed by atoms with Gasteiger partial charge in [-0.3, -0.25) is 0 Å². The minimum atomic E-state index is 0.0830. The van der Waals surface area contributed by atoms with E-state index in [0.717, 1.165) is 24.5 Å². The third-order valence-electron chi connectivity index (χ3n) is 3.32. The van der Waals surface area contributed by atoms with Crippen molar-refractivity contribution < 1.29 is 0 Å². The van der Waals surface area contributed by atoms with Gasteiger partial charge in [0.2, 0.25) is 0 Å². The highest BCUT2D eigenvalue weighted by Crippen LogP contribution is 2.32. The Hall–Kier alpha value is -0.570. The van der Waals surface area contributed by atoms with Crippen LogP contribution in [-0.2, 0) is 5.54 Å². The van der Waals surface area contributed by atoms with Gasteiger partial charge in [-0.2, -0.15) is 0 Å². The van der Waals surface area contributed by atoms with E-state index in [9.17, 15) is 0 Å². The Balaban J connectivity index is 2.34. The van der Waals surface area contributed by atoms with Gasteiger partial charge in [-0.25, -0.2) is 0 Å². The van der Waals surface area contributed by atoms with Crippen LogP contribution in [0.1, 0.15) is 12.0 Å². The molecule has 2 rings (SSSR count). The van der Waals surface area contributed by atoms with Crippen LogP contribution in [0.5, 0.6) is 0 Å². The zero-order valence-corrected chi connectivity index (χ0v) is 10.0. The minimum absolute atomic E-state index is 0.0830. The van der Waals surface area contributed by atoms with E-state index in [-0.39, 0.29) is 5.54 Å². The van der Waals surface area contributed by atoms with Crippen molar-refractivity contribution in [2.45, 2.75) is 12.0 Å². The molecule has 1 unspecified atom stereocenters. The van der Waals surface area contributed by atoms with Crippen LogP contribution in [0.3, 0.4) is 0 Å². The summed E-state index contributed by atoms with van der Waals surface area (Å²) in [5.41, 5.74) is 1.38. The first-order chi connectivity index (χ1) is 7.16. The predicted molar refractivity (Wildman–Crippen MR) is 64.3 cm³/mol. The number of halogens is 1. The van der Waals surface area contributed by atoms with Crippen LogP contribution < -0.4 is 5.32 Å². The molecule has 0 saturated carbocycles. The summed E-state index contributed by atoms with van der Waals surface area (Å²) in [5.74, 6) is 0. The number of hydrogen-bond acceptors (Lipinski definition) is 2. The van der Waals surface area contributed by atoms with Crippen LogP contribution in [0.2, 0.25) is 5.02 Å². The van der Waals surface area contributed by atoms with Gasteiger partial charge in [-0.1, -0.05) is 23.7 Å². The molecule has 1 atom stereocenters. The maximum absolute atomic E-state index is 6.04. The van der Waals surface area contributed by atoms with Gasteiger partial charge in [0.1, 0.15) is 0 Å². The summed E-state index contributed by atoms with van der Waals surface area (Å²) in [6.07, 6.45) is 1.14. The molecule has 1 N–H and O–H groups in total. The maximum Gasteiger partial charge on any atom is 0.0573 e. The molecule has 0 aromatic heterocycles. The van der Waals surface area contributed by atoms with Crippen LogP contribution in [0, 0.1) is 0 Å². The molecule has 3 heteroatoms. The van der Waals surface area contributed by atoms with E-state index in [1.807, 2.05) is 19.2 Å². The van der Waals surface area contributed by atoms with Gasteiger partial charge in [0, 0.05) is 18.1 Å². The Morgan fingerprint density at radius 3 is 2.80 bits per heavy atom. The van der Waals surface area contributed by atoms with E-state index >= 15 is 0 Å². The predicted octanol–water partition coefficient (Wildman–Crippen LogP) is 2.09. The lowest BCUT2D eigenvalue weighted by molar-refractivity contribution is 0.334. The summed E-state index contributed by atoms with van der Waals surface area (Å²) in [6.45, 7) is 2.18. The third kappa shape index (κ3) is 2.03. The highest BCUT2D eigenvalue weighted by atomic mass is 35.5. The molecule has 1 aromatic carbocycles. The van der Waals surface area contributed by atoms with Crippen LogP contribution in [-0.4, -0.2) is 32.1 Å². The molecule has 0 radical (unpaired) electrons. The van der Waals surface area contributed by atoms with Crippen molar-refractivity contribution >= 4 is 11.6 Å².